The summed E-state index contributed by atoms with van der Waals surface area (Å²) in [6.45, 7) is 14.1. The van der Waals surface area contributed by atoms with E-state index in [1.807, 2.05) is 0 Å². The molecule has 0 rings (SSSR count). The van der Waals surface area contributed by atoms with Crippen LogP contribution in [-0.4, -0.2) is 0 Å². The van der Waals surface area contributed by atoms with E-state index in [0.717, 1.165) is 23.7 Å². The highest BCUT2D eigenvalue weighted by Crippen LogP contribution is 2.24. The van der Waals surface area contributed by atoms with Gasteiger partial charge in [0.25, 0.3) is 0 Å². The predicted molar refractivity (Wildman–Crippen MR) is 61.9 cm³/mol. The lowest BCUT2D eigenvalue weighted by atomic mass is 9.84. The minimum Gasteiger partial charge on any atom is -0.0651 e. The van der Waals surface area contributed by atoms with Crippen LogP contribution in [0.4, 0.5) is 0 Å². The zero-order valence-corrected chi connectivity index (χ0v) is 10.4. The molecule has 0 saturated heterocycles. The molecule has 0 amide bonds. The molecule has 0 aromatic carbocycles. The van der Waals surface area contributed by atoms with E-state index < -0.39 is 0 Å². The summed E-state index contributed by atoms with van der Waals surface area (Å²) in [7, 11) is 0. The zero-order chi connectivity index (χ0) is 10.4. The summed E-state index contributed by atoms with van der Waals surface area (Å²) in [6.07, 6.45) is 4.15. The molecule has 0 aromatic rings. The maximum Gasteiger partial charge on any atom is -0.0417 e. The molecule has 0 heterocycles. The van der Waals surface area contributed by atoms with Crippen molar-refractivity contribution in [1.82, 2.24) is 0 Å². The van der Waals surface area contributed by atoms with Gasteiger partial charge in [-0.15, -0.1) is 0 Å². The standard InChI is InChI=1S/C13H28/c1-7-11(4)13(6)9-8-12(5)10(2)3/h10-13H,7-9H2,1-6H3. The van der Waals surface area contributed by atoms with Crippen LogP contribution in [0.3, 0.4) is 0 Å². The van der Waals surface area contributed by atoms with E-state index in [9.17, 15) is 0 Å². The topological polar surface area (TPSA) is 0 Å². The lowest BCUT2D eigenvalue weighted by molar-refractivity contribution is 0.296. The highest BCUT2D eigenvalue weighted by Gasteiger charge is 2.13. The van der Waals surface area contributed by atoms with Gasteiger partial charge in [-0.05, 0) is 23.7 Å². The van der Waals surface area contributed by atoms with Gasteiger partial charge in [-0.2, -0.15) is 0 Å². The Morgan fingerprint density at radius 2 is 1.15 bits per heavy atom. The molecule has 13 heavy (non-hydrogen) atoms. The molecule has 0 aromatic heterocycles. The maximum absolute atomic E-state index is 2.40. The Morgan fingerprint density at radius 3 is 1.54 bits per heavy atom. The lowest BCUT2D eigenvalue weighted by Crippen LogP contribution is -2.11. The molecule has 0 aliphatic rings. The van der Waals surface area contributed by atoms with Crippen molar-refractivity contribution in [2.24, 2.45) is 23.7 Å². The number of rotatable bonds is 6. The second-order valence-electron chi connectivity index (χ2n) is 5.16. The van der Waals surface area contributed by atoms with E-state index in [1.54, 1.807) is 0 Å². The first-order valence-corrected chi connectivity index (χ1v) is 5.99. The highest BCUT2D eigenvalue weighted by atomic mass is 14.2. The van der Waals surface area contributed by atoms with E-state index >= 15 is 0 Å². The molecule has 80 valence electrons. The Morgan fingerprint density at radius 1 is 0.692 bits per heavy atom. The van der Waals surface area contributed by atoms with E-state index in [1.165, 1.54) is 19.3 Å². The van der Waals surface area contributed by atoms with Gasteiger partial charge < -0.3 is 0 Å². The average Bonchev–Trinajstić information content (AvgIpc) is 2.11. The SMILES string of the molecule is CCC(C)C(C)CCC(C)C(C)C. The first kappa shape index (κ1) is 13.0. The Hall–Kier alpha value is 0. The van der Waals surface area contributed by atoms with Gasteiger partial charge in [0.1, 0.15) is 0 Å². The molecule has 3 atom stereocenters. The Balaban J connectivity index is 3.63. The van der Waals surface area contributed by atoms with Gasteiger partial charge in [0.05, 0.1) is 0 Å². The largest absolute Gasteiger partial charge is 0.0651 e. The molecule has 0 aliphatic heterocycles. The smallest absolute Gasteiger partial charge is 0.0417 e. The Bertz CT molecular complexity index is 115. The van der Waals surface area contributed by atoms with E-state index in [0.29, 0.717) is 0 Å². The Labute approximate surface area is 85.1 Å². The molecule has 0 radical (unpaired) electrons. The first-order chi connectivity index (χ1) is 5.99. The lowest BCUT2D eigenvalue weighted by Gasteiger charge is -2.21. The third kappa shape index (κ3) is 5.33. The summed E-state index contributed by atoms with van der Waals surface area (Å²) in [5, 5.41) is 0. The van der Waals surface area contributed by atoms with Gasteiger partial charge >= 0.3 is 0 Å². The van der Waals surface area contributed by atoms with Crippen LogP contribution < -0.4 is 0 Å². The van der Waals surface area contributed by atoms with Crippen molar-refractivity contribution in [2.45, 2.75) is 60.8 Å². The van der Waals surface area contributed by atoms with Crippen LogP contribution in [0.25, 0.3) is 0 Å². The van der Waals surface area contributed by atoms with Crippen LogP contribution in [0.15, 0.2) is 0 Å². The van der Waals surface area contributed by atoms with Crippen LogP contribution in [0.1, 0.15) is 60.8 Å². The normalized spacial score (nSPS) is 18.7. The van der Waals surface area contributed by atoms with Gasteiger partial charge in [-0.3, -0.25) is 0 Å². The fourth-order valence-electron chi connectivity index (χ4n) is 1.55. The van der Waals surface area contributed by atoms with Crippen molar-refractivity contribution in [2.75, 3.05) is 0 Å². The van der Waals surface area contributed by atoms with Gasteiger partial charge in [-0.1, -0.05) is 60.8 Å². The van der Waals surface area contributed by atoms with Gasteiger partial charge in [0.2, 0.25) is 0 Å². The third-order valence-corrected chi connectivity index (χ3v) is 3.83. The summed E-state index contributed by atoms with van der Waals surface area (Å²) in [4.78, 5) is 0. The van der Waals surface area contributed by atoms with E-state index in [4.69, 9.17) is 0 Å². The molecular weight excluding hydrogens is 156 g/mol. The molecule has 0 bridgehead atoms. The molecular formula is C13H28. The van der Waals surface area contributed by atoms with Crippen LogP contribution in [0.2, 0.25) is 0 Å². The van der Waals surface area contributed by atoms with E-state index in [2.05, 4.69) is 41.5 Å². The van der Waals surface area contributed by atoms with Crippen molar-refractivity contribution in [3.05, 3.63) is 0 Å². The van der Waals surface area contributed by atoms with E-state index in [-0.39, 0.29) is 0 Å². The molecule has 0 aliphatic carbocycles. The van der Waals surface area contributed by atoms with Crippen LogP contribution in [-0.2, 0) is 0 Å². The number of hydrogen-bond acceptors (Lipinski definition) is 0. The predicted octanol–water partition coefficient (Wildman–Crippen LogP) is 4.74. The van der Waals surface area contributed by atoms with Crippen LogP contribution >= 0.6 is 0 Å². The maximum atomic E-state index is 2.40. The van der Waals surface area contributed by atoms with Crippen molar-refractivity contribution in [3.63, 3.8) is 0 Å². The summed E-state index contributed by atoms with van der Waals surface area (Å²) >= 11 is 0. The minimum absolute atomic E-state index is 0.851. The monoisotopic (exact) mass is 184 g/mol. The summed E-state index contributed by atoms with van der Waals surface area (Å²) in [5.41, 5.74) is 0. The van der Waals surface area contributed by atoms with Crippen molar-refractivity contribution in [1.29, 1.82) is 0 Å². The third-order valence-electron chi connectivity index (χ3n) is 3.83. The second kappa shape index (κ2) is 6.45. The quantitative estimate of drug-likeness (QED) is 0.559. The van der Waals surface area contributed by atoms with Gasteiger partial charge in [0.15, 0.2) is 0 Å². The number of hydrogen-bond donors (Lipinski definition) is 0. The van der Waals surface area contributed by atoms with Crippen molar-refractivity contribution in [3.8, 4) is 0 Å². The fraction of sp³-hybridized carbons (Fsp3) is 1.00. The summed E-state index contributed by atoms with van der Waals surface area (Å²) in [5.74, 6) is 3.56. The molecule has 0 fully saturated rings. The zero-order valence-electron chi connectivity index (χ0n) is 10.4. The van der Waals surface area contributed by atoms with Gasteiger partial charge in [0, 0.05) is 0 Å². The Kier molecular flexibility index (Phi) is 6.45. The fourth-order valence-corrected chi connectivity index (χ4v) is 1.55. The molecule has 0 saturated carbocycles. The molecule has 0 N–H and O–H groups in total. The summed E-state index contributed by atoms with van der Waals surface area (Å²) in [6, 6.07) is 0. The van der Waals surface area contributed by atoms with Crippen molar-refractivity contribution < 1.29 is 0 Å². The molecule has 0 heteroatoms. The molecule has 3 unspecified atom stereocenters. The van der Waals surface area contributed by atoms with Crippen molar-refractivity contribution >= 4 is 0 Å². The highest BCUT2D eigenvalue weighted by molar-refractivity contribution is 4.64. The minimum atomic E-state index is 0.851. The van der Waals surface area contributed by atoms with Crippen LogP contribution in [0.5, 0.6) is 0 Å². The van der Waals surface area contributed by atoms with Crippen LogP contribution in [0, 0.1) is 23.7 Å². The molecule has 0 nitrogen and oxygen atoms in total. The average molecular weight is 184 g/mol. The molecule has 0 spiro atoms. The first-order valence-electron chi connectivity index (χ1n) is 5.99. The second-order valence-corrected chi connectivity index (χ2v) is 5.16. The van der Waals surface area contributed by atoms with Gasteiger partial charge in [-0.25, -0.2) is 0 Å². The summed E-state index contributed by atoms with van der Waals surface area (Å²) < 4.78 is 0.